The summed E-state index contributed by atoms with van der Waals surface area (Å²) in [7, 11) is 0. The molecule has 0 spiro atoms. The zero-order valence-electron chi connectivity index (χ0n) is 35.6. The number of rotatable bonds is 10. The second-order valence-electron chi connectivity index (χ2n) is 16.7. The van der Waals surface area contributed by atoms with Crippen LogP contribution in [0.4, 0.5) is 0 Å². The number of aryl methyl sites for hydroxylation is 3. The van der Waals surface area contributed by atoms with E-state index in [0.717, 1.165) is 77.2 Å². The number of nitrogens with zero attached hydrogens (tertiary/aromatic N) is 2. The van der Waals surface area contributed by atoms with Crippen LogP contribution < -0.4 is 9.47 Å². The lowest BCUT2D eigenvalue weighted by Gasteiger charge is -2.24. The molecular weight excluding hydrogens is 765 g/mol. The molecule has 0 saturated carbocycles. The molecule has 2 aromatic heterocycles. The summed E-state index contributed by atoms with van der Waals surface area (Å²) in [6.45, 7) is 10.3. The second kappa shape index (κ2) is 15.5. The van der Waals surface area contributed by atoms with Gasteiger partial charge in [0.25, 0.3) is 0 Å². The molecule has 0 amide bonds. The van der Waals surface area contributed by atoms with Gasteiger partial charge < -0.3 is 28.8 Å². The van der Waals surface area contributed by atoms with Crippen molar-refractivity contribution in [1.29, 1.82) is 0 Å². The Labute approximate surface area is 361 Å². The van der Waals surface area contributed by atoms with Gasteiger partial charge in [-0.05, 0) is 112 Å². The van der Waals surface area contributed by atoms with Crippen LogP contribution in [-0.4, -0.2) is 31.6 Å². The van der Waals surface area contributed by atoms with Gasteiger partial charge >= 0.3 is 0 Å². The van der Waals surface area contributed by atoms with Crippen molar-refractivity contribution >= 4 is 43.6 Å². The third-order valence-electron chi connectivity index (χ3n) is 12.0. The normalized spacial score (nSPS) is 12.7. The van der Waals surface area contributed by atoms with E-state index < -0.39 is 0 Å². The van der Waals surface area contributed by atoms with Gasteiger partial charge in [-0.3, -0.25) is 0 Å². The molecule has 0 radical (unpaired) electrons. The first-order valence-corrected chi connectivity index (χ1v) is 21.3. The minimum absolute atomic E-state index is 0.190. The maximum Gasteiger partial charge on any atom is 0.147 e. The van der Waals surface area contributed by atoms with Crippen molar-refractivity contribution < 1.29 is 19.7 Å². The first kappa shape index (κ1) is 38.7. The smallest absolute Gasteiger partial charge is 0.147 e. The number of para-hydroxylation sites is 5. The van der Waals surface area contributed by atoms with E-state index in [1.54, 1.807) is 0 Å². The van der Waals surface area contributed by atoms with Crippen molar-refractivity contribution in [2.24, 2.45) is 0 Å². The summed E-state index contributed by atoms with van der Waals surface area (Å²) >= 11 is 0. The summed E-state index contributed by atoms with van der Waals surface area (Å²) in [5.74, 6) is 1.74. The highest BCUT2D eigenvalue weighted by Gasteiger charge is 2.23. The van der Waals surface area contributed by atoms with Crippen LogP contribution in [0.15, 0.2) is 164 Å². The summed E-state index contributed by atoms with van der Waals surface area (Å²) in [5.41, 5.74) is 11.9. The molecule has 2 N–H and O–H groups in total. The molecule has 2 heterocycles. The first-order chi connectivity index (χ1) is 30.1. The molecule has 10 aromatic rings. The van der Waals surface area contributed by atoms with E-state index in [0.29, 0.717) is 29.0 Å². The number of fused-ring (bicyclic) bond motifs is 6. The molecule has 10 rings (SSSR count). The Balaban J connectivity index is 0.937. The van der Waals surface area contributed by atoms with Crippen LogP contribution >= 0.6 is 0 Å². The molecule has 62 heavy (non-hydrogen) atoms. The maximum absolute atomic E-state index is 12.2. The van der Waals surface area contributed by atoms with E-state index in [-0.39, 0.29) is 23.7 Å². The number of phenols is 2. The molecule has 6 heteroatoms. The van der Waals surface area contributed by atoms with Crippen LogP contribution in [0.3, 0.4) is 0 Å². The molecule has 2 atom stereocenters. The zero-order valence-corrected chi connectivity index (χ0v) is 35.6. The lowest BCUT2D eigenvalue weighted by Crippen LogP contribution is -2.23. The molecule has 0 fully saturated rings. The van der Waals surface area contributed by atoms with E-state index in [4.69, 9.17) is 9.47 Å². The molecule has 0 aliphatic heterocycles. The van der Waals surface area contributed by atoms with Crippen molar-refractivity contribution in [3.63, 3.8) is 0 Å². The van der Waals surface area contributed by atoms with E-state index in [1.807, 2.05) is 91.9 Å². The van der Waals surface area contributed by atoms with E-state index in [2.05, 4.69) is 116 Å². The molecule has 0 unspecified atom stereocenters. The molecule has 0 aliphatic carbocycles. The highest BCUT2D eigenvalue weighted by Crippen LogP contribution is 2.45. The van der Waals surface area contributed by atoms with Gasteiger partial charge in [0.2, 0.25) is 0 Å². The summed E-state index contributed by atoms with van der Waals surface area (Å²) in [5, 5.41) is 28.9. The molecule has 6 nitrogen and oxygen atoms in total. The summed E-state index contributed by atoms with van der Waals surface area (Å²) in [4.78, 5) is 0. The predicted molar refractivity (Wildman–Crippen MR) is 255 cm³/mol. The second-order valence-corrected chi connectivity index (χ2v) is 16.7. The van der Waals surface area contributed by atoms with Crippen LogP contribution in [-0.2, 0) is 0 Å². The average Bonchev–Trinajstić information content (AvgIpc) is 3.78. The lowest BCUT2D eigenvalue weighted by molar-refractivity contribution is 0.131. The number of aromatic hydroxyl groups is 2. The molecule has 0 bridgehead atoms. The Hall–Kier alpha value is -7.44. The molecule has 0 saturated heterocycles. The molecular formula is C56H48N2O4. The standard InChI is InChI=1S/C56H48N2O4/c1-34-26-27-50-44(28-34)41-18-8-13-23-49(41)58(50)52-32-36(3)30-46(56(52)60)43-20-10-15-25-54(43)62-38(5)33-37(4)61-53-24-14-9-19-42(53)45-29-35(2)31-51(55(45)59)57-47-21-11-6-16-39(47)40-17-7-12-22-48(40)57/h6-32,37-38,59-60H,33H2,1-5H3/t37-,38-/m0/s1. The van der Waals surface area contributed by atoms with Gasteiger partial charge in [0, 0.05) is 50.2 Å². The summed E-state index contributed by atoms with van der Waals surface area (Å²) < 4.78 is 17.8. The fourth-order valence-electron chi connectivity index (χ4n) is 9.38. The Morgan fingerprint density at radius 2 is 0.790 bits per heavy atom. The average molecular weight is 813 g/mol. The third-order valence-corrected chi connectivity index (χ3v) is 12.0. The predicted octanol–water partition coefficient (Wildman–Crippen LogP) is 14.2. The van der Waals surface area contributed by atoms with Gasteiger partial charge in [-0.1, -0.05) is 103 Å². The van der Waals surface area contributed by atoms with Gasteiger partial charge in [0.1, 0.15) is 23.0 Å². The van der Waals surface area contributed by atoms with E-state index >= 15 is 0 Å². The van der Waals surface area contributed by atoms with Gasteiger partial charge in [0.15, 0.2) is 0 Å². The van der Waals surface area contributed by atoms with Crippen LogP contribution in [0.25, 0.3) is 77.2 Å². The largest absolute Gasteiger partial charge is 0.505 e. The van der Waals surface area contributed by atoms with Crippen molar-refractivity contribution in [1.82, 2.24) is 9.13 Å². The van der Waals surface area contributed by atoms with Crippen LogP contribution in [0.5, 0.6) is 23.0 Å². The Kier molecular flexibility index (Phi) is 9.71. The topological polar surface area (TPSA) is 68.8 Å². The fourth-order valence-corrected chi connectivity index (χ4v) is 9.38. The van der Waals surface area contributed by atoms with Crippen LogP contribution in [0, 0.1) is 20.8 Å². The minimum Gasteiger partial charge on any atom is -0.505 e. The maximum atomic E-state index is 12.2. The Morgan fingerprint density at radius 1 is 0.403 bits per heavy atom. The van der Waals surface area contributed by atoms with E-state index in [9.17, 15) is 10.2 Å². The number of ether oxygens (including phenoxy) is 2. The van der Waals surface area contributed by atoms with Gasteiger partial charge in [-0.2, -0.15) is 0 Å². The minimum atomic E-state index is -0.236. The fraction of sp³-hybridized carbons (Fsp3) is 0.143. The van der Waals surface area contributed by atoms with Crippen molar-refractivity contribution in [3.05, 3.63) is 180 Å². The highest BCUT2D eigenvalue weighted by atomic mass is 16.5. The SMILES string of the molecule is Cc1cc(-c2ccccc2O[C@@H](C)C[C@H](C)Oc2ccccc2-c2cc(C)cc(-n3c4ccccc4c4cc(C)ccc43)c2O)c(O)c(-n2c3ccccc3c3ccccc32)c1. The van der Waals surface area contributed by atoms with Gasteiger partial charge in [-0.25, -0.2) is 0 Å². The number of phenolic OH excluding ortho intramolecular Hbond substituents is 2. The lowest BCUT2D eigenvalue weighted by atomic mass is 9.99. The molecule has 8 aromatic carbocycles. The van der Waals surface area contributed by atoms with Crippen molar-refractivity contribution in [2.75, 3.05) is 0 Å². The third kappa shape index (κ3) is 6.69. The number of benzene rings is 8. The monoisotopic (exact) mass is 812 g/mol. The molecule has 306 valence electrons. The van der Waals surface area contributed by atoms with Crippen LogP contribution in [0.2, 0.25) is 0 Å². The Morgan fingerprint density at radius 3 is 1.26 bits per heavy atom. The Bertz CT molecular complexity index is 3280. The van der Waals surface area contributed by atoms with Crippen molar-refractivity contribution in [2.45, 2.75) is 53.2 Å². The van der Waals surface area contributed by atoms with Gasteiger partial charge in [0.05, 0.1) is 45.6 Å². The van der Waals surface area contributed by atoms with E-state index in [1.165, 1.54) is 5.56 Å². The number of aromatic nitrogens is 2. The first-order valence-electron chi connectivity index (χ1n) is 21.3. The summed E-state index contributed by atoms with van der Waals surface area (Å²) in [6.07, 6.45) is 0.112. The van der Waals surface area contributed by atoms with Crippen LogP contribution in [0.1, 0.15) is 37.0 Å². The summed E-state index contributed by atoms with van der Waals surface area (Å²) in [6, 6.07) is 55.5. The zero-order chi connectivity index (χ0) is 42.6. The highest BCUT2D eigenvalue weighted by molar-refractivity contribution is 6.11. The molecule has 0 aliphatic rings. The van der Waals surface area contributed by atoms with Gasteiger partial charge in [-0.15, -0.1) is 0 Å². The van der Waals surface area contributed by atoms with Crippen molar-refractivity contribution in [3.8, 4) is 56.6 Å². The number of hydrogen-bond donors (Lipinski definition) is 2. The number of hydrogen-bond acceptors (Lipinski definition) is 4. The quantitative estimate of drug-likeness (QED) is 0.144.